The van der Waals surface area contributed by atoms with E-state index in [1.165, 1.54) is 0 Å². The lowest BCUT2D eigenvalue weighted by atomic mass is 10.2. The third kappa shape index (κ3) is 1.85. The van der Waals surface area contributed by atoms with E-state index in [0.717, 1.165) is 10.9 Å². The molecule has 1 aromatic heterocycles. The molecule has 0 saturated carbocycles. The summed E-state index contributed by atoms with van der Waals surface area (Å²) in [7, 11) is -4.03. The number of aromatic nitrogens is 2. The molecule has 0 radical (unpaired) electrons. The second-order valence-corrected chi connectivity index (χ2v) is 4.69. The first-order chi connectivity index (χ1) is 6.56. The summed E-state index contributed by atoms with van der Waals surface area (Å²) in [6.07, 6.45) is -0.298. The summed E-state index contributed by atoms with van der Waals surface area (Å²) >= 11 is 0. The normalized spacial score (nSPS) is 12.1. The summed E-state index contributed by atoms with van der Waals surface area (Å²) in [5.74, 6) is 0. The van der Waals surface area contributed by atoms with E-state index in [0.29, 0.717) is 5.69 Å². The molecule has 0 fully saturated rings. The van der Waals surface area contributed by atoms with E-state index in [9.17, 15) is 4.57 Å². The maximum atomic E-state index is 10.8. The van der Waals surface area contributed by atoms with E-state index in [2.05, 4.69) is 10.2 Å². The fourth-order valence-corrected chi connectivity index (χ4v) is 1.99. The van der Waals surface area contributed by atoms with Crippen LogP contribution in [0.4, 0.5) is 0 Å². The third-order valence-electron chi connectivity index (χ3n) is 1.90. The van der Waals surface area contributed by atoms with Crippen LogP contribution in [-0.2, 0) is 10.7 Å². The van der Waals surface area contributed by atoms with E-state index >= 15 is 0 Å². The van der Waals surface area contributed by atoms with Crippen molar-refractivity contribution in [3.05, 3.63) is 30.0 Å². The van der Waals surface area contributed by atoms with Gasteiger partial charge in [-0.2, -0.15) is 5.10 Å². The number of fused-ring (bicyclic) bond motifs is 1. The van der Waals surface area contributed by atoms with Crippen LogP contribution in [0.3, 0.4) is 0 Å². The molecule has 0 aliphatic rings. The largest absolute Gasteiger partial charge is 0.331 e. The van der Waals surface area contributed by atoms with Crippen molar-refractivity contribution in [2.24, 2.45) is 0 Å². The molecule has 0 unspecified atom stereocenters. The molecule has 0 saturated heterocycles. The number of H-pyrrole nitrogens is 1. The molecule has 0 aliphatic carbocycles. The van der Waals surface area contributed by atoms with Crippen molar-refractivity contribution in [3.63, 3.8) is 0 Å². The Kier molecular flexibility index (Phi) is 2.15. The van der Waals surface area contributed by atoms with Crippen molar-refractivity contribution in [2.75, 3.05) is 0 Å². The van der Waals surface area contributed by atoms with Crippen LogP contribution in [0.25, 0.3) is 10.9 Å². The van der Waals surface area contributed by atoms with Crippen molar-refractivity contribution in [2.45, 2.75) is 6.16 Å². The van der Waals surface area contributed by atoms with Gasteiger partial charge in [-0.1, -0.05) is 18.2 Å². The van der Waals surface area contributed by atoms with Crippen LogP contribution in [0.2, 0.25) is 0 Å². The van der Waals surface area contributed by atoms with Crippen LogP contribution in [0.1, 0.15) is 5.69 Å². The van der Waals surface area contributed by atoms with Crippen LogP contribution < -0.4 is 0 Å². The number of hydrogen-bond acceptors (Lipinski definition) is 2. The van der Waals surface area contributed by atoms with Gasteiger partial charge in [0.1, 0.15) is 0 Å². The molecule has 6 heteroatoms. The molecule has 3 N–H and O–H groups in total. The zero-order valence-electron chi connectivity index (χ0n) is 7.21. The predicted octanol–water partition coefficient (Wildman–Crippen LogP) is 1.24. The van der Waals surface area contributed by atoms with Crippen molar-refractivity contribution >= 4 is 18.5 Å². The van der Waals surface area contributed by atoms with Crippen LogP contribution >= 0.6 is 7.60 Å². The van der Waals surface area contributed by atoms with E-state index in [1.807, 2.05) is 6.07 Å². The van der Waals surface area contributed by atoms with Gasteiger partial charge in [-0.3, -0.25) is 9.66 Å². The molecule has 14 heavy (non-hydrogen) atoms. The predicted molar refractivity (Wildman–Crippen MR) is 51.8 cm³/mol. The first-order valence-electron chi connectivity index (χ1n) is 4.03. The Balaban J connectivity index is 2.49. The highest BCUT2D eigenvalue weighted by molar-refractivity contribution is 7.50. The van der Waals surface area contributed by atoms with Gasteiger partial charge in [0.2, 0.25) is 0 Å². The minimum atomic E-state index is -4.03. The van der Waals surface area contributed by atoms with Gasteiger partial charge in [-0.05, 0) is 6.07 Å². The summed E-state index contributed by atoms with van der Waals surface area (Å²) in [6.45, 7) is 0. The number of hydrogen-bond donors (Lipinski definition) is 3. The molecule has 1 aromatic carbocycles. The van der Waals surface area contributed by atoms with Gasteiger partial charge in [0.25, 0.3) is 0 Å². The molecule has 0 amide bonds. The monoisotopic (exact) mass is 212 g/mol. The smallest absolute Gasteiger partial charge is 0.324 e. The summed E-state index contributed by atoms with van der Waals surface area (Å²) in [6, 6.07) is 7.20. The van der Waals surface area contributed by atoms with Gasteiger partial charge < -0.3 is 9.79 Å². The van der Waals surface area contributed by atoms with Crippen molar-refractivity contribution in [1.82, 2.24) is 10.2 Å². The Hall–Kier alpha value is -1.16. The van der Waals surface area contributed by atoms with Gasteiger partial charge in [0, 0.05) is 5.39 Å². The second kappa shape index (κ2) is 3.20. The second-order valence-electron chi connectivity index (χ2n) is 3.04. The van der Waals surface area contributed by atoms with Crippen molar-refractivity contribution < 1.29 is 14.4 Å². The van der Waals surface area contributed by atoms with Gasteiger partial charge in [0.15, 0.2) is 0 Å². The molecular formula is C8H9N2O3P. The fraction of sp³-hybridized carbons (Fsp3) is 0.125. The zero-order chi connectivity index (χ0) is 10.2. The number of aromatic amines is 1. The SMILES string of the molecule is O=P(O)(O)Cc1[nH]nc2ccccc12. The Bertz CT molecular complexity index is 502. The maximum absolute atomic E-state index is 10.8. The Morgan fingerprint density at radius 3 is 2.79 bits per heavy atom. The van der Waals surface area contributed by atoms with Gasteiger partial charge in [-0.15, -0.1) is 0 Å². The van der Waals surface area contributed by atoms with E-state index in [-0.39, 0.29) is 6.16 Å². The molecule has 0 atom stereocenters. The summed E-state index contributed by atoms with van der Waals surface area (Å²) in [4.78, 5) is 17.6. The summed E-state index contributed by atoms with van der Waals surface area (Å²) in [5, 5.41) is 7.32. The molecule has 2 rings (SSSR count). The average molecular weight is 212 g/mol. The molecule has 1 heterocycles. The van der Waals surface area contributed by atoms with E-state index < -0.39 is 7.60 Å². The van der Waals surface area contributed by atoms with E-state index in [1.54, 1.807) is 18.2 Å². The summed E-state index contributed by atoms with van der Waals surface area (Å²) in [5.41, 5.74) is 1.20. The zero-order valence-corrected chi connectivity index (χ0v) is 8.11. The average Bonchev–Trinajstić information content (AvgIpc) is 2.47. The summed E-state index contributed by atoms with van der Waals surface area (Å²) < 4.78 is 10.8. The highest BCUT2D eigenvalue weighted by Crippen LogP contribution is 2.39. The first-order valence-corrected chi connectivity index (χ1v) is 5.82. The standard InChI is InChI=1S/C8H9N2O3P/c11-14(12,13)5-8-6-3-1-2-4-7(6)9-10-8/h1-4H,5H2,(H,9,10)(H2,11,12,13). The van der Waals surface area contributed by atoms with Crippen LogP contribution in [0.5, 0.6) is 0 Å². The lowest BCUT2D eigenvalue weighted by Gasteiger charge is -2.00. The minimum absolute atomic E-state index is 0.298. The quantitative estimate of drug-likeness (QED) is 0.653. The molecule has 0 aliphatic heterocycles. The lowest BCUT2D eigenvalue weighted by Crippen LogP contribution is -1.87. The molecule has 5 nitrogen and oxygen atoms in total. The van der Waals surface area contributed by atoms with Gasteiger partial charge >= 0.3 is 7.60 Å². The maximum Gasteiger partial charge on any atom is 0.331 e. The molecule has 2 aromatic rings. The lowest BCUT2D eigenvalue weighted by molar-refractivity contribution is 0.371. The number of nitrogens with zero attached hydrogens (tertiary/aromatic N) is 1. The molecule has 74 valence electrons. The number of benzene rings is 1. The number of nitrogens with one attached hydrogen (secondary N) is 1. The minimum Gasteiger partial charge on any atom is -0.324 e. The third-order valence-corrected chi connectivity index (χ3v) is 2.63. The molecule has 0 bridgehead atoms. The Morgan fingerprint density at radius 2 is 2.07 bits per heavy atom. The van der Waals surface area contributed by atoms with Crippen LogP contribution in [-0.4, -0.2) is 20.0 Å². The Morgan fingerprint density at radius 1 is 1.36 bits per heavy atom. The van der Waals surface area contributed by atoms with Gasteiger partial charge in [0.05, 0.1) is 17.4 Å². The fourth-order valence-electron chi connectivity index (χ4n) is 1.34. The Labute approximate surface area is 79.9 Å². The van der Waals surface area contributed by atoms with E-state index in [4.69, 9.17) is 9.79 Å². The highest BCUT2D eigenvalue weighted by atomic mass is 31.2. The highest BCUT2D eigenvalue weighted by Gasteiger charge is 2.17. The topological polar surface area (TPSA) is 86.2 Å². The number of para-hydroxylation sites is 1. The van der Waals surface area contributed by atoms with Crippen molar-refractivity contribution in [1.29, 1.82) is 0 Å². The molecule has 0 spiro atoms. The van der Waals surface area contributed by atoms with Crippen LogP contribution in [0, 0.1) is 0 Å². The van der Waals surface area contributed by atoms with Gasteiger partial charge in [-0.25, -0.2) is 0 Å². The number of rotatable bonds is 2. The first kappa shape index (κ1) is 9.40. The van der Waals surface area contributed by atoms with Crippen LogP contribution in [0.15, 0.2) is 24.3 Å². The molecular weight excluding hydrogens is 203 g/mol. The van der Waals surface area contributed by atoms with Crippen molar-refractivity contribution in [3.8, 4) is 0 Å².